The van der Waals surface area contributed by atoms with Gasteiger partial charge in [0.25, 0.3) is 11.5 Å². The molecule has 0 spiro atoms. The fourth-order valence-corrected chi connectivity index (χ4v) is 6.88. The van der Waals surface area contributed by atoms with Gasteiger partial charge in [-0.25, -0.2) is 9.97 Å². The van der Waals surface area contributed by atoms with E-state index in [4.69, 9.17) is 15.7 Å². The van der Waals surface area contributed by atoms with Crippen molar-refractivity contribution in [3.05, 3.63) is 75.1 Å². The Morgan fingerprint density at radius 3 is 2.42 bits per heavy atom. The summed E-state index contributed by atoms with van der Waals surface area (Å²) in [5.41, 5.74) is 11.9. The maximum Gasteiger partial charge on any atom is 0.253 e. The Morgan fingerprint density at radius 1 is 1.05 bits per heavy atom. The van der Waals surface area contributed by atoms with Gasteiger partial charge < -0.3 is 20.2 Å². The predicted molar refractivity (Wildman–Crippen MR) is 172 cm³/mol. The molecule has 0 atom stereocenters. The second kappa shape index (κ2) is 12.0. The van der Waals surface area contributed by atoms with Crippen LogP contribution in [0.2, 0.25) is 0 Å². The quantitative estimate of drug-likeness (QED) is 0.309. The summed E-state index contributed by atoms with van der Waals surface area (Å²) in [7, 11) is 0. The number of fused-ring (bicyclic) bond motifs is 1. The van der Waals surface area contributed by atoms with E-state index >= 15 is 0 Å². The fourth-order valence-electron chi connectivity index (χ4n) is 6.88. The van der Waals surface area contributed by atoms with E-state index in [2.05, 4.69) is 51.4 Å². The number of nitrogens with two attached hydrogens (primary N) is 1. The van der Waals surface area contributed by atoms with E-state index < -0.39 is 5.91 Å². The standard InChI is InChI=1S/C34H43N7O2/c1-21(2)39-11-13-40(14-12-39)30-10-9-25(19-36-30)26-17-27(33(35)42)32-29(18-26)41(31(38-32)16-24-7-5-6-8-24)20-28-22(3)15-23(4)37-34(28)43/h9-10,15,17-19,21,24H,5-8,11-14,16,20H2,1-4H3,(H2,35,42)(H,37,43). The molecule has 0 unspecified atom stereocenters. The molecule has 0 radical (unpaired) electrons. The van der Waals surface area contributed by atoms with Gasteiger partial charge in [-0.15, -0.1) is 0 Å². The van der Waals surface area contributed by atoms with Gasteiger partial charge >= 0.3 is 0 Å². The molecule has 4 heterocycles. The van der Waals surface area contributed by atoms with Crippen molar-refractivity contribution in [2.24, 2.45) is 11.7 Å². The zero-order valence-electron chi connectivity index (χ0n) is 25.8. The van der Waals surface area contributed by atoms with Gasteiger partial charge in [-0.2, -0.15) is 0 Å². The van der Waals surface area contributed by atoms with Gasteiger partial charge in [0.15, 0.2) is 0 Å². The van der Waals surface area contributed by atoms with Crippen LogP contribution in [0, 0.1) is 19.8 Å². The van der Waals surface area contributed by atoms with Crippen molar-refractivity contribution < 1.29 is 4.79 Å². The molecule has 6 rings (SSSR count). The molecule has 3 aromatic heterocycles. The van der Waals surface area contributed by atoms with Crippen molar-refractivity contribution in [2.75, 3.05) is 31.1 Å². The molecule has 1 saturated heterocycles. The minimum atomic E-state index is -0.513. The maximum absolute atomic E-state index is 13.1. The number of carbonyl (C=O) groups is 1. The second-order valence-corrected chi connectivity index (χ2v) is 12.7. The number of aryl methyl sites for hydroxylation is 2. The number of rotatable bonds is 8. The summed E-state index contributed by atoms with van der Waals surface area (Å²) in [6, 6.07) is 10.6. The highest BCUT2D eigenvalue weighted by Gasteiger charge is 2.24. The van der Waals surface area contributed by atoms with Gasteiger partial charge in [-0.05, 0) is 75.1 Å². The van der Waals surface area contributed by atoms with Crippen LogP contribution in [-0.4, -0.2) is 62.5 Å². The van der Waals surface area contributed by atoms with Crippen LogP contribution in [0.3, 0.4) is 0 Å². The number of imidazole rings is 1. The summed E-state index contributed by atoms with van der Waals surface area (Å²) in [4.78, 5) is 43.5. The summed E-state index contributed by atoms with van der Waals surface area (Å²) >= 11 is 0. The number of aromatic amines is 1. The average Bonchev–Trinajstić information content (AvgIpc) is 3.62. The van der Waals surface area contributed by atoms with Crippen LogP contribution in [0.5, 0.6) is 0 Å². The monoisotopic (exact) mass is 581 g/mol. The van der Waals surface area contributed by atoms with E-state index in [1.165, 1.54) is 25.7 Å². The number of carbonyl (C=O) groups excluding carboxylic acids is 1. The molecule has 2 aliphatic rings. The number of primary amides is 1. The van der Waals surface area contributed by atoms with Gasteiger partial charge in [0.2, 0.25) is 0 Å². The van der Waals surface area contributed by atoms with Crippen molar-refractivity contribution >= 4 is 22.8 Å². The van der Waals surface area contributed by atoms with Crippen LogP contribution in [-0.2, 0) is 13.0 Å². The Bertz CT molecular complexity index is 1690. The van der Waals surface area contributed by atoms with E-state index in [1.54, 1.807) is 0 Å². The van der Waals surface area contributed by atoms with E-state index in [0.717, 1.165) is 72.1 Å². The number of hydrogen-bond donors (Lipinski definition) is 2. The Kier molecular flexibility index (Phi) is 8.09. The molecule has 4 aromatic rings. The van der Waals surface area contributed by atoms with Gasteiger partial charge in [-0.3, -0.25) is 14.5 Å². The highest BCUT2D eigenvalue weighted by atomic mass is 16.1. The minimum absolute atomic E-state index is 0.0912. The zero-order chi connectivity index (χ0) is 30.2. The number of amides is 1. The highest BCUT2D eigenvalue weighted by molar-refractivity contribution is 6.06. The van der Waals surface area contributed by atoms with E-state index in [1.807, 2.05) is 32.2 Å². The number of pyridine rings is 2. The normalized spacial score (nSPS) is 16.5. The number of benzene rings is 1. The van der Waals surface area contributed by atoms with Crippen LogP contribution >= 0.6 is 0 Å². The number of aromatic nitrogens is 4. The van der Waals surface area contributed by atoms with Crippen LogP contribution in [0.1, 0.15) is 72.5 Å². The Morgan fingerprint density at radius 2 is 1.79 bits per heavy atom. The first-order valence-corrected chi connectivity index (χ1v) is 15.7. The first-order chi connectivity index (χ1) is 20.7. The van der Waals surface area contributed by atoms with E-state index in [9.17, 15) is 9.59 Å². The summed E-state index contributed by atoms with van der Waals surface area (Å²) < 4.78 is 2.13. The van der Waals surface area contributed by atoms with Crippen LogP contribution in [0.25, 0.3) is 22.2 Å². The number of H-pyrrole nitrogens is 1. The topological polar surface area (TPSA) is 113 Å². The van der Waals surface area contributed by atoms with Crippen LogP contribution in [0.4, 0.5) is 5.82 Å². The molecule has 1 amide bonds. The van der Waals surface area contributed by atoms with Gasteiger partial charge in [0, 0.05) is 61.7 Å². The van der Waals surface area contributed by atoms with Crippen molar-refractivity contribution in [2.45, 2.75) is 72.4 Å². The first kappa shape index (κ1) is 29.1. The van der Waals surface area contributed by atoms with Crippen molar-refractivity contribution in [3.63, 3.8) is 0 Å². The second-order valence-electron chi connectivity index (χ2n) is 12.7. The van der Waals surface area contributed by atoms with Gasteiger partial charge in [0.05, 0.1) is 17.6 Å². The maximum atomic E-state index is 13.1. The molecule has 1 aromatic carbocycles. The number of piperazine rings is 1. The highest BCUT2D eigenvalue weighted by Crippen LogP contribution is 2.33. The van der Waals surface area contributed by atoms with Crippen molar-refractivity contribution in [1.29, 1.82) is 0 Å². The third kappa shape index (κ3) is 5.95. The molecule has 43 heavy (non-hydrogen) atoms. The predicted octanol–water partition coefficient (Wildman–Crippen LogP) is 4.81. The van der Waals surface area contributed by atoms with Crippen molar-refractivity contribution in [3.8, 4) is 11.1 Å². The lowest BCUT2D eigenvalue weighted by molar-refractivity contribution is 0.100. The van der Waals surface area contributed by atoms with Crippen molar-refractivity contribution in [1.82, 2.24) is 24.4 Å². The average molecular weight is 582 g/mol. The number of nitrogens with one attached hydrogen (secondary N) is 1. The summed E-state index contributed by atoms with van der Waals surface area (Å²) in [5.74, 6) is 1.89. The molecule has 1 aliphatic carbocycles. The van der Waals surface area contributed by atoms with Gasteiger partial charge in [-0.1, -0.05) is 25.7 Å². The molecule has 1 saturated carbocycles. The lowest BCUT2D eigenvalue weighted by Gasteiger charge is -2.37. The number of nitrogens with zero attached hydrogens (tertiary/aromatic N) is 5. The Hall–Kier alpha value is -3.98. The van der Waals surface area contributed by atoms with E-state index in [-0.39, 0.29) is 5.56 Å². The lowest BCUT2D eigenvalue weighted by Crippen LogP contribution is -2.49. The summed E-state index contributed by atoms with van der Waals surface area (Å²) in [6.07, 6.45) is 7.50. The molecular formula is C34H43N7O2. The molecule has 0 bridgehead atoms. The fraction of sp³-hybridized carbons (Fsp3) is 0.471. The first-order valence-electron chi connectivity index (χ1n) is 15.7. The number of anilines is 1. The molecule has 3 N–H and O–H groups in total. The third-order valence-corrected chi connectivity index (χ3v) is 9.40. The molecule has 1 aliphatic heterocycles. The smallest absolute Gasteiger partial charge is 0.253 e. The summed E-state index contributed by atoms with van der Waals surface area (Å²) in [6.45, 7) is 12.7. The van der Waals surface area contributed by atoms with Gasteiger partial charge in [0.1, 0.15) is 17.2 Å². The number of hydrogen-bond acceptors (Lipinski definition) is 6. The minimum Gasteiger partial charge on any atom is -0.366 e. The molecule has 9 heteroatoms. The Balaban J connectivity index is 1.41. The summed E-state index contributed by atoms with van der Waals surface area (Å²) in [5, 5.41) is 0. The lowest BCUT2D eigenvalue weighted by atomic mass is 10.0. The molecule has 226 valence electrons. The van der Waals surface area contributed by atoms with Crippen LogP contribution < -0.4 is 16.2 Å². The Labute approximate surface area is 253 Å². The largest absolute Gasteiger partial charge is 0.366 e. The SMILES string of the molecule is Cc1cc(C)c(Cn2c(CC3CCCC3)nc3c(C(N)=O)cc(-c4ccc(N5CCN(C(C)C)CC5)nc4)cc32)c(=O)[nH]1. The molecule has 9 nitrogen and oxygen atoms in total. The zero-order valence-corrected chi connectivity index (χ0v) is 25.8. The third-order valence-electron chi connectivity index (χ3n) is 9.40. The van der Waals surface area contributed by atoms with E-state index in [0.29, 0.717) is 35.1 Å². The molecule has 2 fully saturated rings. The van der Waals surface area contributed by atoms with Crippen LogP contribution in [0.15, 0.2) is 41.3 Å². The molecular weight excluding hydrogens is 538 g/mol.